The summed E-state index contributed by atoms with van der Waals surface area (Å²) < 4.78 is 25.4. The lowest BCUT2D eigenvalue weighted by Crippen LogP contribution is -2.46. The fourth-order valence-electron chi connectivity index (χ4n) is 4.59. The molecule has 1 fully saturated rings. The number of aliphatic carboxylic acids is 1. The number of rotatable bonds is 2. The summed E-state index contributed by atoms with van der Waals surface area (Å²) in [7, 11) is 2.69. The second-order valence-corrected chi connectivity index (χ2v) is 10.8. The number of nitrogens with zero attached hydrogens (tertiary/aromatic N) is 3. The van der Waals surface area contributed by atoms with E-state index in [9.17, 15) is 33.5 Å². The van der Waals surface area contributed by atoms with Gasteiger partial charge in [0.1, 0.15) is 29.8 Å². The zero-order valence-corrected chi connectivity index (χ0v) is 22.7. The van der Waals surface area contributed by atoms with Crippen molar-refractivity contribution >= 4 is 29.8 Å². The molecule has 1 saturated heterocycles. The lowest BCUT2D eigenvalue weighted by Gasteiger charge is -2.27. The number of hydrogen-bond donors (Lipinski definition) is 2. The Balaban J connectivity index is 1.92. The molecule has 2 aliphatic heterocycles. The number of carbonyl (C=O) groups is 5. The molecule has 0 bridgehead atoms. The molecule has 39 heavy (non-hydrogen) atoms. The Bertz CT molecular complexity index is 1140. The highest BCUT2D eigenvalue weighted by Crippen LogP contribution is 2.26. The van der Waals surface area contributed by atoms with Gasteiger partial charge in [-0.05, 0) is 51.8 Å². The second-order valence-electron chi connectivity index (χ2n) is 10.8. The van der Waals surface area contributed by atoms with Gasteiger partial charge in [0.15, 0.2) is 0 Å². The molecule has 2 heterocycles. The molecule has 2 N–H and O–H groups in total. The average Bonchev–Trinajstić information content (AvgIpc) is 3.22. The van der Waals surface area contributed by atoms with Crippen molar-refractivity contribution in [3.63, 3.8) is 0 Å². The van der Waals surface area contributed by atoms with Gasteiger partial charge >= 0.3 is 12.1 Å². The number of benzene rings is 1. The molecule has 3 atom stereocenters. The molecule has 1 aromatic rings. The van der Waals surface area contributed by atoms with Crippen LogP contribution < -0.4 is 10.1 Å². The molecule has 1 aromatic carbocycles. The maximum Gasteiger partial charge on any atom is 0.407 e. The number of alkyl carbamates (subject to hydrolysis) is 1. The number of halogens is 1. The number of amides is 4. The zero-order chi connectivity index (χ0) is 29.1. The van der Waals surface area contributed by atoms with Crippen molar-refractivity contribution in [1.29, 1.82) is 0 Å². The molecule has 0 spiro atoms. The van der Waals surface area contributed by atoms with Crippen LogP contribution in [-0.4, -0.2) is 107 Å². The largest absolute Gasteiger partial charge is 0.491 e. The van der Waals surface area contributed by atoms with E-state index in [1.54, 1.807) is 20.8 Å². The van der Waals surface area contributed by atoms with Gasteiger partial charge in [-0.2, -0.15) is 0 Å². The van der Waals surface area contributed by atoms with Gasteiger partial charge in [0.2, 0.25) is 11.8 Å². The molecular formula is C26H35FN4O8. The van der Waals surface area contributed by atoms with Crippen LogP contribution in [0.4, 0.5) is 9.18 Å². The van der Waals surface area contributed by atoms with Crippen LogP contribution in [0.15, 0.2) is 18.2 Å². The smallest absolute Gasteiger partial charge is 0.407 e. The third-order valence-electron chi connectivity index (χ3n) is 6.56. The third kappa shape index (κ3) is 7.58. The molecule has 3 rings (SSSR count). The number of carboxylic acids is 1. The highest BCUT2D eigenvalue weighted by Gasteiger charge is 2.38. The molecule has 0 saturated carbocycles. The predicted octanol–water partition coefficient (Wildman–Crippen LogP) is 1.48. The summed E-state index contributed by atoms with van der Waals surface area (Å²) >= 11 is 0. The van der Waals surface area contributed by atoms with E-state index in [-0.39, 0.29) is 43.9 Å². The van der Waals surface area contributed by atoms with E-state index in [4.69, 9.17) is 9.47 Å². The van der Waals surface area contributed by atoms with E-state index >= 15 is 0 Å². The summed E-state index contributed by atoms with van der Waals surface area (Å²) in [6.07, 6.45) is -0.793. The van der Waals surface area contributed by atoms with Crippen LogP contribution in [-0.2, 0) is 19.1 Å². The minimum Gasteiger partial charge on any atom is -0.491 e. The number of fused-ring (bicyclic) bond motifs is 2. The molecule has 13 heteroatoms. The number of ether oxygens (including phenoxy) is 2. The average molecular weight is 551 g/mol. The maximum absolute atomic E-state index is 14.1. The van der Waals surface area contributed by atoms with Crippen molar-refractivity contribution in [3.05, 3.63) is 29.6 Å². The van der Waals surface area contributed by atoms with Crippen molar-refractivity contribution in [2.75, 3.05) is 33.8 Å². The van der Waals surface area contributed by atoms with Crippen molar-refractivity contribution in [2.45, 2.75) is 63.8 Å². The first-order chi connectivity index (χ1) is 18.2. The standard InChI is InChI=1S/C26H35FN4O8/c1-26(2,3)39-25(37)28-16-11-17-14-38-20-8-6-15(27)10-18(20)23(34)30(5)19(24(35)36)7-9-21(32)29(4)13-22(33)31(17)12-16/h6,8,10,16-17,19H,7,9,11-14H2,1-5H3,(H,28,37)(H,35,36)/t16-,17+,19-/m1/s1. The van der Waals surface area contributed by atoms with E-state index in [0.717, 1.165) is 17.0 Å². The maximum atomic E-state index is 14.1. The summed E-state index contributed by atoms with van der Waals surface area (Å²) in [6.45, 7) is 4.94. The van der Waals surface area contributed by atoms with E-state index in [1.807, 2.05) is 0 Å². The molecule has 2 aliphatic rings. The van der Waals surface area contributed by atoms with Gasteiger partial charge in [-0.3, -0.25) is 14.4 Å². The van der Waals surface area contributed by atoms with Crippen molar-refractivity contribution in [3.8, 4) is 5.75 Å². The fourth-order valence-corrected chi connectivity index (χ4v) is 4.59. The van der Waals surface area contributed by atoms with Gasteiger partial charge in [-0.1, -0.05) is 0 Å². The van der Waals surface area contributed by atoms with Gasteiger partial charge in [-0.25, -0.2) is 14.0 Å². The molecular weight excluding hydrogens is 515 g/mol. The first kappa shape index (κ1) is 29.7. The van der Waals surface area contributed by atoms with Crippen LogP contribution >= 0.6 is 0 Å². The summed E-state index contributed by atoms with van der Waals surface area (Å²) in [5.74, 6) is -3.71. The van der Waals surface area contributed by atoms with Crippen LogP contribution in [0.25, 0.3) is 0 Å². The monoisotopic (exact) mass is 550 g/mol. The molecule has 214 valence electrons. The highest BCUT2D eigenvalue weighted by atomic mass is 19.1. The molecule has 0 aliphatic carbocycles. The van der Waals surface area contributed by atoms with Crippen LogP contribution in [0.3, 0.4) is 0 Å². The Hall–Kier alpha value is -3.90. The quantitative estimate of drug-likeness (QED) is 0.563. The van der Waals surface area contributed by atoms with Gasteiger partial charge in [0.05, 0.1) is 24.2 Å². The number of carbonyl (C=O) groups excluding carboxylic acids is 4. The number of likely N-dealkylation sites (N-methyl/N-ethyl adjacent to an activating group) is 2. The fraction of sp³-hybridized carbons (Fsp3) is 0.577. The summed E-state index contributed by atoms with van der Waals surface area (Å²) in [5, 5.41) is 12.5. The topological polar surface area (TPSA) is 146 Å². The normalized spacial score (nSPS) is 23.3. The van der Waals surface area contributed by atoms with Gasteiger partial charge in [0.25, 0.3) is 5.91 Å². The summed E-state index contributed by atoms with van der Waals surface area (Å²) in [6, 6.07) is 0.938. The number of hydrogen-bond acceptors (Lipinski definition) is 7. The van der Waals surface area contributed by atoms with Crippen LogP contribution in [0, 0.1) is 5.82 Å². The zero-order valence-electron chi connectivity index (χ0n) is 22.7. The number of carboxylic acid groups (broad SMARTS) is 1. The van der Waals surface area contributed by atoms with Crippen molar-refractivity contribution in [2.24, 2.45) is 0 Å². The molecule has 0 radical (unpaired) electrons. The lowest BCUT2D eigenvalue weighted by molar-refractivity contribution is -0.143. The van der Waals surface area contributed by atoms with Crippen LogP contribution in [0.1, 0.15) is 50.4 Å². The molecule has 0 unspecified atom stereocenters. The molecule has 0 aromatic heterocycles. The van der Waals surface area contributed by atoms with Crippen LogP contribution in [0.5, 0.6) is 5.75 Å². The van der Waals surface area contributed by atoms with Crippen molar-refractivity contribution in [1.82, 2.24) is 20.0 Å². The Morgan fingerprint density at radius 3 is 2.49 bits per heavy atom. The van der Waals surface area contributed by atoms with Gasteiger partial charge < -0.3 is 34.6 Å². The van der Waals surface area contributed by atoms with E-state index in [0.29, 0.717) is 6.42 Å². The molecule has 12 nitrogen and oxygen atoms in total. The number of nitrogens with one attached hydrogen (secondary N) is 1. The summed E-state index contributed by atoms with van der Waals surface area (Å²) in [5.41, 5.74) is -0.908. The molecule has 4 amide bonds. The van der Waals surface area contributed by atoms with Gasteiger partial charge in [-0.15, -0.1) is 0 Å². The van der Waals surface area contributed by atoms with Crippen LogP contribution in [0.2, 0.25) is 0 Å². The Morgan fingerprint density at radius 1 is 1.15 bits per heavy atom. The minimum absolute atomic E-state index is 0.0106. The minimum atomic E-state index is -1.37. The Morgan fingerprint density at radius 2 is 1.85 bits per heavy atom. The summed E-state index contributed by atoms with van der Waals surface area (Å²) in [4.78, 5) is 67.1. The highest BCUT2D eigenvalue weighted by molar-refractivity contribution is 5.99. The SMILES string of the molecule is CN1CC(=O)N2C[C@H](NC(=O)OC(C)(C)C)C[C@H]2COc2ccc(F)cc2C(=O)N(C)[C@@H](C(=O)O)CCC1=O. The first-order valence-electron chi connectivity index (χ1n) is 12.6. The predicted molar refractivity (Wildman–Crippen MR) is 136 cm³/mol. The Kier molecular flexibility index (Phi) is 9.03. The first-order valence-corrected chi connectivity index (χ1v) is 12.6. The Labute approximate surface area is 226 Å². The third-order valence-corrected chi connectivity index (χ3v) is 6.56. The lowest BCUT2D eigenvalue weighted by atomic mass is 10.1. The van der Waals surface area contributed by atoms with E-state index < -0.39 is 59.3 Å². The van der Waals surface area contributed by atoms with Crippen molar-refractivity contribution < 1.29 is 42.9 Å². The van der Waals surface area contributed by atoms with E-state index in [2.05, 4.69) is 5.32 Å². The second kappa shape index (κ2) is 11.9. The van der Waals surface area contributed by atoms with Gasteiger partial charge in [0, 0.05) is 27.1 Å². The van der Waals surface area contributed by atoms with E-state index in [1.165, 1.54) is 30.0 Å².